The molecule has 1 aromatic rings. The summed E-state index contributed by atoms with van der Waals surface area (Å²) < 4.78 is 11.6. The number of carbonyl (C=O) groups is 1. The maximum atomic E-state index is 13.0. The first kappa shape index (κ1) is 17.4. The average Bonchev–Trinajstić information content (AvgIpc) is 3.28. The van der Waals surface area contributed by atoms with Crippen molar-refractivity contribution in [1.29, 1.82) is 0 Å². The number of carbonyl (C=O) groups excluding carboxylic acids is 1. The molecule has 3 heterocycles. The normalized spacial score (nSPS) is 26.0. The van der Waals surface area contributed by atoms with E-state index in [-0.39, 0.29) is 24.0 Å². The van der Waals surface area contributed by atoms with E-state index in [1.165, 1.54) is 5.56 Å². The number of likely N-dealkylation sites (tertiary alicyclic amines) is 1. The Hall–Kier alpha value is -1.40. The number of ether oxygens (including phenoxy) is 2. The van der Waals surface area contributed by atoms with Gasteiger partial charge in [0, 0.05) is 31.8 Å². The molecule has 1 N–H and O–H groups in total. The van der Waals surface area contributed by atoms with E-state index >= 15 is 0 Å². The molecule has 0 unspecified atom stereocenters. The fraction of sp³-hybridized carbons (Fsp3) is 0.778. The van der Waals surface area contributed by atoms with Crippen molar-refractivity contribution in [3.63, 3.8) is 0 Å². The molecule has 0 aromatic carbocycles. The minimum atomic E-state index is -0.378. The molecule has 2 aliphatic rings. The van der Waals surface area contributed by atoms with Gasteiger partial charge >= 0.3 is 0 Å². The Bertz CT molecular complexity index is 512. The monoisotopic (exact) mass is 335 g/mol. The smallest absolute Gasteiger partial charge is 0.251 e. The molecule has 1 aromatic heterocycles. The zero-order chi connectivity index (χ0) is 16.9. The molecule has 6 nitrogen and oxygen atoms in total. The molecule has 2 saturated heterocycles. The third-order valence-electron chi connectivity index (χ3n) is 5.06. The number of nitrogens with one attached hydrogen (secondary N) is 1. The van der Waals surface area contributed by atoms with Gasteiger partial charge in [0.05, 0.1) is 18.9 Å². The number of hydrogen-bond acceptors (Lipinski definition) is 4. The molecule has 24 heavy (non-hydrogen) atoms. The second-order valence-corrected chi connectivity index (χ2v) is 7.29. The summed E-state index contributed by atoms with van der Waals surface area (Å²) in [5.74, 6) is 0.650. The van der Waals surface area contributed by atoms with Crippen LogP contribution in [0.3, 0.4) is 0 Å². The molecule has 6 heteroatoms. The van der Waals surface area contributed by atoms with Crippen molar-refractivity contribution in [2.24, 2.45) is 5.92 Å². The minimum Gasteiger partial charge on any atom is -0.376 e. The molecule has 2 aliphatic heterocycles. The highest BCUT2D eigenvalue weighted by Crippen LogP contribution is 2.27. The molecule has 0 spiro atoms. The number of amides is 1. The highest BCUT2D eigenvalue weighted by Gasteiger charge is 2.32. The molecule has 3 atom stereocenters. The Balaban J connectivity index is 1.58. The molecule has 0 radical (unpaired) electrons. The van der Waals surface area contributed by atoms with Gasteiger partial charge in [-0.1, -0.05) is 13.8 Å². The van der Waals surface area contributed by atoms with Gasteiger partial charge in [0.1, 0.15) is 6.10 Å². The van der Waals surface area contributed by atoms with E-state index in [1.54, 1.807) is 0 Å². The van der Waals surface area contributed by atoms with Crippen LogP contribution in [0.1, 0.15) is 51.0 Å². The van der Waals surface area contributed by atoms with Crippen molar-refractivity contribution in [2.75, 3.05) is 26.3 Å². The van der Waals surface area contributed by atoms with Crippen molar-refractivity contribution < 1.29 is 14.3 Å². The maximum absolute atomic E-state index is 13.0. The first-order valence-corrected chi connectivity index (χ1v) is 9.16. The number of piperidine rings is 1. The van der Waals surface area contributed by atoms with Gasteiger partial charge in [-0.2, -0.15) is 5.10 Å². The largest absolute Gasteiger partial charge is 0.376 e. The Labute approximate surface area is 143 Å². The predicted molar refractivity (Wildman–Crippen MR) is 90.7 cm³/mol. The predicted octanol–water partition coefficient (Wildman–Crippen LogP) is 2.34. The van der Waals surface area contributed by atoms with Crippen LogP contribution in [0.25, 0.3) is 0 Å². The third kappa shape index (κ3) is 4.16. The highest BCUT2D eigenvalue weighted by molar-refractivity contribution is 5.81. The van der Waals surface area contributed by atoms with Crippen LogP contribution in [0.5, 0.6) is 0 Å². The molecule has 0 bridgehead atoms. The molecule has 3 rings (SSSR count). The van der Waals surface area contributed by atoms with Crippen molar-refractivity contribution >= 4 is 5.91 Å². The van der Waals surface area contributed by atoms with Crippen molar-refractivity contribution in [3.8, 4) is 0 Å². The molecular formula is C18H29N3O3. The summed E-state index contributed by atoms with van der Waals surface area (Å²) in [6.45, 7) is 7.01. The van der Waals surface area contributed by atoms with Gasteiger partial charge in [0.25, 0.3) is 5.91 Å². The Kier molecular flexibility index (Phi) is 5.89. The summed E-state index contributed by atoms with van der Waals surface area (Å²) in [6, 6.07) is 0. The quantitative estimate of drug-likeness (QED) is 0.866. The summed E-state index contributed by atoms with van der Waals surface area (Å²) in [5, 5.41) is 6.91. The zero-order valence-electron chi connectivity index (χ0n) is 14.7. The summed E-state index contributed by atoms with van der Waals surface area (Å²) >= 11 is 0. The van der Waals surface area contributed by atoms with Crippen LogP contribution in [0.2, 0.25) is 0 Å². The van der Waals surface area contributed by atoms with Gasteiger partial charge < -0.3 is 14.4 Å². The lowest BCUT2D eigenvalue weighted by Gasteiger charge is -2.35. The van der Waals surface area contributed by atoms with E-state index in [2.05, 4.69) is 24.0 Å². The van der Waals surface area contributed by atoms with E-state index in [0.29, 0.717) is 12.5 Å². The zero-order valence-corrected chi connectivity index (χ0v) is 14.7. The van der Waals surface area contributed by atoms with Gasteiger partial charge in [-0.05, 0) is 37.2 Å². The lowest BCUT2D eigenvalue weighted by atomic mass is 9.92. The fourth-order valence-electron chi connectivity index (χ4n) is 3.65. The van der Waals surface area contributed by atoms with E-state index in [1.807, 2.05) is 17.3 Å². The van der Waals surface area contributed by atoms with E-state index in [4.69, 9.17) is 9.47 Å². The first-order chi connectivity index (χ1) is 11.6. The molecule has 0 aliphatic carbocycles. The number of aromatic amines is 1. The van der Waals surface area contributed by atoms with Gasteiger partial charge in [0.2, 0.25) is 0 Å². The van der Waals surface area contributed by atoms with E-state index < -0.39 is 0 Å². The fourth-order valence-corrected chi connectivity index (χ4v) is 3.65. The van der Waals surface area contributed by atoms with Gasteiger partial charge in [-0.3, -0.25) is 9.89 Å². The van der Waals surface area contributed by atoms with Crippen LogP contribution >= 0.6 is 0 Å². The van der Waals surface area contributed by atoms with Crippen LogP contribution in [0.4, 0.5) is 0 Å². The molecule has 0 saturated carbocycles. The first-order valence-electron chi connectivity index (χ1n) is 9.16. The van der Waals surface area contributed by atoms with Crippen molar-refractivity contribution in [1.82, 2.24) is 15.1 Å². The van der Waals surface area contributed by atoms with Crippen molar-refractivity contribution in [2.45, 2.75) is 57.7 Å². The standard InChI is InChI=1S/C18H29N3O3/c1-13(2)17(24-12-16-6-4-8-23-16)18(22)21-7-3-5-14(11-21)15-9-19-20-10-15/h9-10,13-14,16-17H,3-8,11-12H2,1-2H3,(H,19,20)/t14-,16-,17+/m1/s1. The molecule has 134 valence electrons. The molecule has 2 fully saturated rings. The SMILES string of the molecule is CC(C)[C@H](OC[C@H]1CCCO1)C(=O)N1CCC[C@@H](c2cn[nH]c2)C1. The van der Waals surface area contributed by atoms with Gasteiger partial charge in [-0.15, -0.1) is 0 Å². The second-order valence-electron chi connectivity index (χ2n) is 7.29. The maximum Gasteiger partial charge on any atom is 0.251 e. The topological polar surface area (TPSA) is 67.5 Å². The van der Waals surface area contributed by atoms with Crippen LogP contribution in [0.15, 0.2) is 12.4 Å². The summed E-state index contributed by atoms with van der Waals surface area (Å²) in [6.07, 6.45) is 7.83. The van der Waals surface area contributed by atoms with Crippen LogP contribution in [-0.2, 0) is 14.3 Å². The summed E-state index contributed by atoms with van der Waals surface area (Å²) in [4.78, 5) is 15.0. The lowest BCUT2D eigenvalue weighted by Crippen LogP contribution is -2.47. The summed E-state index contributed by atoms with van der Waals surface area (Å²) in [5.41, 5.74) is 1.19. The van der Waals surface area contributed by atoms with Crippen LogP contribution in [-0.4, -0.2) is 59.5 Å². The third-order valence-corrected chi connectivity index (χ3v) is 5.06. The Morgan fingerprint density at radius 1 is 1.46 bits per heavy atom. The molecular weight excluding hydrogens is 306 g/mol. The Morgan fingerprint density at radius 2 is 2.33 bits per heavy atom. The van der Waals surface area contributed by atoms with Gasteiger partial charge in [0.15, 0.2) is 0 Å². The van der Waals surface area contributed by atoms with Crippen LogP contribution in [0, 0.1) is 5.92 Å². The number of nitrogens with zero attached hydrogens (tertiary/aromatic N) is 2. The summed E-state index contributed by atoms with van der Waals surface area (Å²) in [7, 11) is 0. The van der Waals surface area contributed by atoms with E-state index in [9.17, 15) is 4.79 Å². The number of rotatable bonds is 6. The van der Waals surface area contributed by atoms with E-state index in [0.717, 1.165) is 45.4 Å². The average molecular weight is 335 g/mol. The second kappa shape index (κ2) is 8.12. The number of hydrogen-bond donors (Lipinski definition) is 1. The number of H-pyrrole nitrogens is 1. The van der Waals surface area contributed by atoms with Crippen molar-refractivity contribution in [3.05, 3.63) is 18.0 Å². The minimum absolute atomic E-state index is 0.121. The number of aromatic nitrogens is 2. The van der Waals surface area contributed by atoms with Gasteiger partial charge in [-0.25, -0.2) is 0 Å². The van der Waals surface area contributed by atoms with Crippen LogP contribution < -0.4 is 0 Å². The molecule has 1 amide bonds. The Morgan fingerprint density at radius 3 is 3.00 bits per heavy atom. The lowest BCUT2D eigenvalue weighted by molar-refractivity contribution is -0.150. The highest BCUT2D eigenvalue weighted by atomic mass is 16.5.